The molecule has 0 bridgehead atoms. The lowest BCUT2D eigenvalue weighted by Gasteiger charge is -2.05. The predicted molar refractivity (Wildman–Crippen MR) is 75.5 cm³/mol. The van der Waals surface area contributed by atoms with E-state index in [0.717, 1.165) is 0 Å². The highest BCUT2D eigenvalue weighted by Crippen LogP contribution is 2.19. The number of rotatable bonds is 3. The van der Waals surface area contributed by atoms with E-state index in [2.05, 4.69) is 31.2 Å². The molecule has 0 unspecified atom stereocenters. The van der Waals surface area contributed by atoms with Gasteiger partial charge in [-0.15, -0.1) is 0 Å². The van der Waals surface area contributed by atoms with Crippen molar-refractivity contribution < 1.29 is 9.72 Å². The number of nitrogens with one attached hydrogen (secondary N) is 1. The molecule has 102 valence electrons. The number of halogens is 1. The zero-order chi connectivity index (χ0) is 14.7. The molecule has 2 rings (SSSR count). The van der Waals surface area contributed by atoms with Crippen molar-refractivity contribution in [2.75, 3.05) is 5.32 Å². The van der Waals surface area contributed by atoms with Gasteiger partial charge in [0.05, 0.1) is 17.3 Å². The average molecular weight is 337 g/mol. The molecule has 1 aromatic carbocycles. The summed E-state index contributed by atoms with van der Waals surface area (Å²) in [5.74, 6) is -0.103. The van der Waals surface area contributed by atoms with Crippen LogP contribution in [0.2, 0.25) is 0 Å². The second kappa shape index (κ2) is 5.74. The minimum Gasteiger partial charge on any atom is -0.305 e. The van der Waals surface area contributed by atoms with E-state index in [1.807, 2.05) is 0 Å². The number of aryl methyl sites for hydroxylation is 1. The number of aromatic nitrogens is 2. The molecule has 1 heterocycles. The smallest absolute Gasteiger partial charge is 0.272 e. The molecule has 7 nitrogen and oxygen atoms in total. The zero-order valence-corrected chi connectivity index (χ0v) is 11.9. The number of nitro groups is 1. The molecule has 0 aliphatic heterocycles. The van der Waals surface area contributed by atoms with Crippen molar-refractivity contribution in [3.05, 3.63) is 56.4 Å². The monoisotopic (exact) mass is 336 g/mol. The third-order valence-corrected chi connectivity index (χ3v) is 2.93. The lowest BCUT2D eigenvalue weighted by atomic mass is 10.1. The first-order valence-electron chi connectivity index (χ1n) is 5.51. The maximum atomic E-state index is 12.0. The Kier molecular flexibility index (Phi) is 4.04. The number of carbonyl (C=O) groups is 1. The van der Waals surface area contributed by atoms with E-state index in [1.54, 1.807) is 6.92 Å². The SMILES string of the molecule is Cc1cc(C(=O)Nc2cnc(Br)cn2)ccc1[N+](=O)[O-]. The van der Waals surface area contributed by atoms with Gasteiger partial charge in [-0.3, -0.25) is 14.9 Å². The Hall–Kier alpha value is -2.35. The van der Waals surface area contributed by atoms with E-state index < -0.39 is 10.8 Å². The van der Waals surface area contributed by atoms with Crippen LogP contribution >= 0.6 is 15.9 Å². The fourth-order valence-corrected chi connectivity index (χ4v) is 1.77. The Bertz CT molecular complexity index is 673. The van der Waals surface area contributed by atoms with Crippen molar-refractivity contribution >= 4 is 33.3 Å². The number of anilines is 1. The molecule has 0 aliphatic carbocycles. The van der Waals surface area contributed by atoms with E-state index >= 15 is 0 Å². The van der Waals surface area contributed by atoms with Crippen molar-refractivity contribution in [3.63, 3.8) is 0 Å². The molecule has 1 aromatic heterocycles. The van der Waals surface area contributed by atoms with Gasteiger partial charge in [0.25, 0.3) is 11.6 Å². The van der Waals surface area contributed by atoms with Gasteiger partial charge in [0.15, 0.2) is 5.82 Å². The van der Waals surface area contributed by atoms with Crippen LogP contribution in [0.4, 0.5) is 11.5 Å². The number of nitro benzene ring substituents is 1. The van der Waals surface area contributed by atoms with Crippen LogP contribution in [-0.2, 0) is 0 Å². The quantitative estimate of drug-likeness (QED) is 0.686. The second-order valence-corrected chi connectivity index (χ2v) is 4.75. The zero-order valence-electron chi connectivity index (χ0n) is 10.3. The minimum absolute atomic E-state index is 0.0232. The fraction of sp³-hybridized carbons (Fsp3) is 0.0833. The standard InChI is InChI=1S/C12H9BrN4O3/c1-7-4-8(2-3-9(7)17(19)20)12(18)16-11-6-14-10(13)5-15-11/h2-6H,1H3,(H,15,16,18). The number of nitrogens with zero attached hydrogens (tertiary/aromatic N) is 3. The van der Waals surface area contributed by atoms with Crippen LogP contribution in [0.1, 0.15) is 15.9 Å². The molecule has 0 aliphatic rings. The van der Waals surface area contributed by atoms with Crippen LogP contribution in [-0.4, -0.2) is 20.8 Å². The third kappa shape index (κ3) is 3.15. The highest BCUT2D eigenvalue weighted by atomic mass is 79.9. The molecular formula is C12H9BrN4O3. The van der Waals surface area contributed by atoms with Crippen molar-refractivity contribution in [2.45, 2.75) is 6.92 Å². The van der Waals surface area contributed by atoms with E-state index in [4.69, 9.17) is 0 Å². The van der Waals surface area contributed by atoms with Crippen molar-refractivity contribution in [2.24, 2.45) is 0 Å². The third-order valence-electron chi connectivity index (χ3n) is 2.52. The molecule has 0 radical (unpaired) electrons. The first kappa shape index (κ1) is 14.1. The van der Waals surface area contributed by atoms with Crippen LogP contribution < -0.4 is 5.32 Å². The van der Waals surface area contributed by atoms with Gasteiger partial charge in [-0.1, -0.05) is 0 Å². The van der Waals surface area contributed by atoms with Gasteiger partial charge in [-0.25, -0.2) is 9.97 Å². The summed E-state index contributed by atoms with van der Waals surface area (Å²) in [4.78, 5) is 30.1. The van der Waals surface area contributed by atoms with E-state index in [9.17, 15) is 14.9 Å². The fourth-order valence-electron chi connectivity index (χ4n) is 1.57. The minimum atomic E-state index is -0.489. The first-order chi connectivity index (χ1) is 9.47. The Morgan fingerprint density at radius 2 is 2.10 bits per heavy atom. The van der Waals surface area contributed by atoms with Gasteiger partial charge in [0, 0.05) is 17.2 Å². The Labute approximate surface area is 122 Å². The molecule has 1 amide bonds. The number of amides is 1. The molecule has 0 fully saturated rings. The van der Waals surface area contributed by atoms with Gasteiger partial charge in [0.2, 0.25) is 0 Å². The molecule has 0 saturated carbocycles. The predicted octanol–water partition coefficient (Wildman–Crippen LogP) is 2.71. The summed E-state index contributed by atoms with van der Waals surface area (Å²) in [6, 6.07) is 4.16. The van der Waals surface area contributed by atoms with Crippen molar-refractivity contribution in [3.8, 4) is 0 Å². The van der Waals surface area contributed by atoms with Crippen LogP contribution in [0.25, 0.3) is 0 Å². The van der Waals surface area contributed by atoms with Gasteiger partial charge in [0.1, 0.15) is 4.60 Å². The molecule has 0 saturated heterocycles. The largest absolute Gasteiger partial charge is 0.305 e. The number of hydrogen-bond acceptors (Lipinski definition) is 5. The van der Waals surface area contributed by atoms with E-state index in [-0.39, 0.29) is 5.69 Å². The van der Waals surface area contributed by atoms with Crippen LogP contribution in [0.3, 0.4) is 0 Å². The molecule has 20 heavy (non-hydrogen) atoms. The molecule has 2 aromatic rings. The van der Waals surface area contributed by atoms with Crippen LogP contribution in [0.15, 0.2) is 35.2 Å². The second-order valence-electron chi connectivity index (χ2n) is 3.94. The average Bonchev–Trinajstić information content (AvgIpc) is 2.40. The van der Waals surface area contributed by atoms with Gasteiger partial charge in [-0.2, -0.15) is 0 Å². The normalized spacial score (nSPS) is 10.1. The lowest BCUT2D eigenvalue weighted by Crippen LogP contribution is -2.13. The van der Waals surface area contributed by atoms with Gasteiger partial charge in [-0.05, 0) is 35.0 Å². The Morgan fingerprint density at radius 1 is 1.35 bits per heavy atom. The van der Waals surface area contributed by atoms with Gasteiger partial charge < -0.3 is 5.32 Å². The number of hydrogen-bond donors (Lipinski definition) is 1. The van der Waals surface area contributed by atoms with E-state index in [1.165, 1.54) is 30.6 Å². The summed E-state index contributed by atoms with van der Waals surface area (Å²) >= 11 is 3.14. The summed E-state index contributed by atoms with van der Waals surface area (Å²) in [6.45, 7) is 1.58. The summed E-state index contributed by atoms with van der Waals surface area (Å²) in [6.07, 6.45) is 2.86. The number of carbonyl (C=O) groups excluding carboxylic acids is 1. The summed E-state index contributed by atoms with van der Waals surface area (Å²) in [5.41, 5.74) is 0.715. The summed E-state index contributed by atoms with van der Waals surface area (Å²) in [5, 5.41) is 13.3. The Balaban J connectivity index is 2.19. The van der Waals surface area contributed by atoms with Crippen molar-refractivity contribution in [1.29, 1.82) is 0 Å². The molecule has 8 heteroatoms. The maximum absolute atomic E-state index is 12.0. The first-order valence-corrected chi connectivity index (χ1v) is 6.30. The molecular weight excluding hydrogens is 328 g/mol. The summed E-state index contributed by atoms with van der Waals surface area (Å²) < 4.78 is 0.557. The Morgan fingerprint density at radius 3 is 2.65 bits per heavy atom. The van der Waals surface area contributed by atoms with Crippen molar-refractivity contribution in [1.82, 2.24) is 9.97 Å². The topological polar surface area (TPSA) is 98.0 Å². The van der Waals surface area contributed by atoms with Crippen LogP contribution in [0, 0.1) is 17.0 Å². The molecule has 1 N–H and O–H groups in total. The summed E-state index contributed by atoms with van der Waals surface area (Å²) in [7, 11) is 0. The molecule has 0 spiro atoms. The molecule has 0 atom stereocenters. The van der Waals surface area contributed by atoms with Gasteiger partial charge >= 0.3 is 0 Å². The highest BCUT2D eigenvalue weighted by Gasteiger charge is 2.14. The van der Waals surface area contributed by atoms with E-state index in [0.29, 0.717) is 21.5 Å². The number of benzene rings is 1. The van der Waals surface area contributed by atoms with Crippen LogP contribution in [0.5, 0.6) is 0 Å². The maximum Gasteiger partial charge on any atom is 0.272 e. The highest BCUT2D eigenvalue weighted by molar-refractivity contribution is 9.10. The lowest BCUT2D eigenvalue weighted by molar-refractivity contribution is -0.385.